The van der Waals surface area contributed by atoms with Gasteiger partial charge in [-0.15, -0.1) is 0 Å². The van der Waals surface area contributed by atoms with Crippen LogP contribution in [-0.4, -0.2) is 31.4 Å². The first-order chi connectivity index (χ1) is 17.1. The normalized spacial score (nSPS) is 20.3. The van der Waals surface area contributed by atoms with Gasteiger partial charge in [0.05, 0.1) is 29.2 Å². The van der Waals surface area contributed by atoms with Crippen molar-refractivity contribution in [2.75, 3.05) is 6.61 Å². The zero-order valence-electron chi connectivity index (χ0n) is 19.6. The van der Waals surface area contributed by atoms with E-state index in [1.165, 1.54) is 12.1 Å². The molecule has 0 saturated carbocycles. The number of ether oxygens (including phenoxy) is 1. The molecule has 1 heterocycles. The van der Waals surface area contributed by atoms with Gasteiger partial charge in [-0.2, -0.15) is 0 Å². The maximum Gasteiger partial charge on any atom is 0.339 e. The van der Waals surface area contributed by atoms with E-state index in [-0.39, 0.29) is 17.1 Å². The molecular formula is C27H25Br2NO5S. The number of carbonyl (C=O) groups excluding carboxylic acids is 1. The van der Waals surface area contributed by atoms with Crippen LogP contribution in [-0.2, 0) is 19.4 Å². The Morgan fingerprint density at radius 3 is 2.14 bits per heavy atom. The summed E-state index contributed by atoms with van der Waals surface area (Å²) < 4.78 is 34.8. The van der Waals surface area contributed by atoms with E-state index in [9.17, 15) is 18.3 Å². The molecule has 1 aliphatic rings. The maximum absolute atomic E-state index is 14.0. The Morgan fingerprint density at radius 2 is 1.56 bits per heavy atom. The van der Waals surface area contributed by atoms with Gasteiger partial charge < -0.3 is 9.84 Å². The molecular weight excluding hydrogens is 610 g/mol. The highest BCUT2D eigenvalue weighted by Gasteiger charge is 2.48. The Hall–Kier alpha value is -2.46. The smallest absolute Gasteiger partial charge is 0.339 e. The fourth-order valence-corrected chi connectivity index (χ4v) is 7.02. The van der Waals surface area contributed by atoms with Gasteiger partial charge in [0.2, 0.25) is 0 Å². The van der Waals surface area contributed by atoms with Crippen molar-refractivity contribution in [2.45, 2.75) is 36.1 Å². The lowest BCUT2D eigenvalue weighted by molar-refractivity contribution is -0.139. The topological polar surface area (TPSA) is 92.7 Å². The summed E-state index contributed by atoms with van der Waals surface area (Å²) in [5, 5.41) is 13.5. The summed E-state index contributed by atoms with van der Waals surface area (Å²) >= 11 is 6.92. The average molecular weight is 635 g/mol. The van der Waals surface area contributed by atoms with E-state index < -0.39 is 38.9 Å². The summed E-state index contributed by atoms with van der Waals surface area (Å²) in [6.45, 7) is 3.59. The maximum atomic E-state index is 14.0. The monoisotopic (exact) mass is 633 g/mol. The standard InChI is InChI=1S/C27H25Br2NO5S/c1-3-35-27(32)22-23(17-6-4-8-19(28)14-17)30-24(18-7-5-9-20(29)15-18)26(25(22)31)36(33,34)21-12-10-16(2)11-13-21/h4-15,23-24,26,30-31H,3H2,1-2H3/t23-,24-,26-/m0/s1. The van der Waals surface area contributed by atoms with Gasteiger partial charge in [0.25, 0.3) is 0 Å². The Morgan fingerprint density at radius 1 is 0.972 bits per heavy atom. The minimum absolute atomic E-state index is 0.0514. The third-order valence-electron chi connectivity index (χ3n) is 6.05. The average Bonchev–Trinajstić information content (AvgIpc) is 2.83. The van der Waals surface area contributed by atoms with E-state index in [2.05, 4.69) is 37.2 Å². The lowest BCUT2D eigenvalue weighted by atomic mass is 9.88. The number of sulfone groups is 1. The molecule has 2 N–H and O–H groups in total. The lowest BCUT2D eigenvalue weighted by Crippen LogP contribution is -2.47. The minimum atomic E-state index is -4.14. The summed E-state index contributed by atoms with van der Waals surface area (Å²) in [7, 11) is -4.14. The SMILES string of the molecule is CCOC(=O)C1=C(O)[C@@H](S(=O)(=O)c2ccc(C)cc2)[C@H](c2cccc(Br)c2)N[C@H]1c1cccc(Br)c1. The number of nitrogens with one attached hydrogen (secondary N) is 1. The molecule has 0 radical (unpaired) electrons. The van der Waals surface area contributed by atoms with E-state index in [4.69, 9.17) is 4.74 Å². The van der Waals surface area contributed by atoms with Gasteiger partial charge in [0.1, 0.15) is 11.0 Å². The molecule has 0 bridgehead atoms. The van der Waals surface area contributed by atoms with Gasteiger partial charge in [-0.3, -0.25) is 5.32 Å². The second-order valence-corrected chi connectivity index (χ2v) is 12.4. The van der Waals surface area contributed by atoms with E-state index >= 15 is 0 Å². The number of halogens is 2. The highest BCUT2D eigenvalue weighted by atomic mass is 79.9. The number of hydrogen-bond acceptors (Lipinski definition) is 6. The highest BCUT2D eigenvalue weighted by Crippen LogP contribution is 2.42. The summed E-state index contributed by atoms with van der Waals surface area (Å²) in [5.41, 5.74) is 2.09. The number of aliphatic hydroxyl groups excluding tert-OH is 1. The zero-order valence-corrected chi connectivity index (χ0v) is 23.6. The summed E-state index contributed by atoms with van der Waals surface area (Å²) in [5.74, 6) is -1.30. The van der Waals surface area contributed by atoms with E-state index in [1.54, 1.807) is 37.3 Å². The molecule has 0 spiro atoms. The number of benzene rings is 3. The Balaban J connectivity index is 1.98. The van der Waals surface area contributed by atoms with Crippen molar-refractivity contribution in [3.8, 4) is 0 Å². The molecule has 0 saturated heterocycles. The van der Waals surface area contributed by atoms with Gasteiger partial charge in [0, 0.05) is 8.95 Å². The quantitative estimate of drug-likeness (QED) is 0.317. The first-order valence-electron chi connectivity index (χ1n) is 11.3. The first-order valence-corrected chi connectivity index (χ1v) is 14.4. The second kappa shape index (κ2) is 10.9. The number of carbonyl (C=O) groups is 1. The fourth-order valence-electron chi connectivity index (χ4n) is 4.36. The summed E-state index contributed by atoms with van der Waals surface area (Å²) in [4.78, 5) is 13.2. The number of aliphatic hydroxyl groups is 1. The van der Waals surface area contributed by atoms with E-state index in [0.29, 0.717) is 11.1 Å². The minimum Gasteiger partial charge on any atom is -0.510 e. The molecule has 0 aliphatic carbocycles. The van der Waals surface area contributed by atoms with Crippen molar-refractivity contribution in [1.82, 2.24) is 5.32 Å². The van der Waals surface area contributed by atoms with Crippen LogP contribution in [0.4, 0.5) is 0 Å². The number of esters is 1. The summed E-state index contributed by atoms with van der Waals surface area (Å²) in [6, 6.07) is 19.3. The summed E-state index contributed by atoms with van der Waals surface area (Å²) in [6.07, 6.45) is 0. The van der Waals surface area contributed by atoms with Crippen LogP contribution in [0.1, 0.15) is 35.7 Å². The lowest BCUT2D eigenvalue weighted by Gasteiger charge is -2.38. The van der Waals surface area contributed by atoms with Crippen LogP contribution in [0.25, 0.3) is 0 Å². The highest BCUT2D eigenvalue weighted by molar-refractivity contribution is 9.10. The van der Waals surface area contributed by atoms with Crippen LogP contribution < -0.4 is 5.32 Å². The van der Waals surface area contributed by atoms with Crippen molar-refractivity contribution in [2.24, 2.45) is 0 Å². The third kappa shape index (κ3) is 5.29. The van der Waals surface area contributed by atoms with Crippen LogP contribution in [0.15, 0.2) is 98.0 Å². The molecule has 0 aromatic heterocycles. The Bertz CT molecular complexity index is 1420. The van der Waals surface area contributed by atoms with Gasteiger partial charge in [-0.1, -0.05) is 73.8 Å². The van der Waals surface area contributed by atoms with Crippen molar-refractivity contribution in [3.63, 3.8) is 0 Å². The molecule has 9 heteroatoms. The van der Waals surface area contributed by atoms with Gasteiger partial charge in [-0.05, 0) is 61.4 Å². The third-order valence-corrected chi connectivity index (χ3v) is 9.13. The molecule has 3 aromatic carbocycles. The Kier molecular flexibility index (Phi) is 8.04. The van der Waals surface area contributed by atoms with Crippen LogP contribution in [0.3, 0.4) is 0 Å². The predicted octanol–water partition coefficient (Wildman–Crippen LogP) is 6.12. The van der Waals surface area contributed by atoms with E-state index in [1.807, 2.05) is 37.3 Å². The molecule has 0 unspecified atom stereocenters. The molecule has 36 heavy (non-hydrogen) atoms. The van der Waals surface area contributed by atoms with E-state index in [0.717, 1.165) is 14.5 Å². The first kappa shape index (κ1) is 26.6. The second-order valence-electron chi connectivity index (χ2n) is 8.49. The molecule has 0 fully saturated rings. The van der Waals surface area contributed by atoms with Gasteiger partial charge in [-0.25, -0.2) is 13.2 Å². The van der Waals surface area contributed by atoms with Crippen LogP contribution in [0.5, 0.6) is 0 Å². The predicted molar refractivity (Wildman–Crippen MR) is 145 cm³/mol. The molecule has 6 nitrogen and oxygen atoms in total. The molecule has 188 valence electrons. The number of aryl methyl sites for hydroxylation is 1. The molecule has 1 aliphatic heterocycles. The van der Waals surface area contributed by atoms with Crippen LogP contribution in [0.2, 0.25) is 0 Å². The van der Waals surface area contributed by atoms with Crippen LogP contribution >= 0.6 is 31.9 Å². The molecule has 3 atom stereocenters. The largest absolute Gasteiger partial charge is 0.510 e. The van der Waals surface area contributed by atoms with Crippen molar-refractivity contribution >= 4 is 47.7 Å². The number of rotatable bonds is 6. The molecule has 3 aromatic rings. The van der Waals surface area contributed by atoms with Gasteiger partial charge >= 0.3 is 5.97 Å². The van der Waals surface area contributed by atoms with Crippen LogP contribution in [0, 0.1) is 6.92 Å². The van der Waals surface area contributed by atoms with Crippen molar-refractivity contribution in [1.29, 1.82) is 0 Å². The van der Waals surface area contributed by atoms with Crippen molar-refractivity contribution in [3.05, 3.63) is 110 Å². The molecule has 0 amide bonds. The number of hydrogen-bond donors (Lipinski definition) is 2. The zero-order chi connectivity index (χ0) is 26.0. The Labute approximate surface area is 227 Å². The molecule has 4 rings (SSSR count). The fraction of sp³-hybridized carbons (Fsp3) is 0.222. The van der Waals surface area contributed by atoms with Crippen molar-refractivity contribution < 1.29 is 23.1 Å². The van der Waals surface area contributed by atoms with Gasteiger partial charge in [0.15, 0.2) is 9.84 Å².